The lowest BCUT2D eigenvalue weighted by Gasteiger charge is -1.99. The van der Waals surface area contributed by atoms with E-state index in [9.17, 15) is 4.79 Å². The molecule has 1 aromatic carbocycles. The van der Waals surface area contributed by atoms with Crippen molar-refractivity contribution >= 4 is 17.1 Å². The lowest BCUT2D eigenvalue weighted by Crippen LogP contribution is -1.96. The molecule has 6 nitrogen and oxygen atoms in total. The van der Waals surface area contributed by atoms with Crippen LogP contribution in [0.2, 0.25) is 0 Å². The van der Waals surface area contributed by atoms with Gasteiger partial charge in [-0.05, 0) is 18.2 Å². The molecule has 6 heteroatoms. The highest BCUT2D eigenvalue weighted by Crippen LogP contribution is 2.25. The van der Waals surface area contributed by atoms with Crippen LogP contribution in [0.25, 0.3) is 22.4 Å². The van der Waals surface area contributed by atoms with Crippen molar-refractivity contribution in [3.8, 4) is 11.3 Å². The number of rotatable bonds is 2. The Bertz CT molecular complexity index is 742. The van der Waals surface area contributed by atoms with Gasteiger partial charge in [-0.25, -0.2) is 9.78 Å². The molecule has 2 aromatic heterocycles. The Morgan fingerprint density at radius 3 is 3.06 bits per heavy atom. The van der Waals surface area contributed by atoms with Crippen molar-refractivity contribution in [2.45, 2.75) is 6.92 Å². The second kappa shape index (κ2) is 3.69. The maximum Gasteiger partial charge on any atom is 0.339 e. The molecule has 0 aliphatic carbocycles. The third-order valence-electron chi connectivity index (χ3n) is 2.65. The Balaban J connectivity index is 2.18. The number of carboxylic acids is 1. The van der Waals surface area contributed by atoms with Crippen molar-refractivity contribution in [1.82, 2.24) is 15.2 Å². The third-order valence-corrected chi connectivity index (χ3v) is 2.65. The van der Waals surface area contributed by atoms with Crippen LogP contribution >= 0.6 is 0 Å². The summed E-state index contributed by atoms with van der Waals surface area (Å²) in [5.74, 6) is -0.444. The van der Waals surface area contributed by atoms with Gasteiger partial charge in [0.1, 0.15) is 11.1 Å². The highest BCUT2D eigenvalue weighted by Gasteiger charge is 2.15. The molecule has 0 spiro atoms. The van der Waals surface area contributed by atoms with Crippen LogP contribution in [0.4, 0.5) is 0 Å². The maximum absolute atomic E-state index is 11.0. The van der Waals surface area contributed by atoms with E-state index in [1.54, 1.807) is 25.1 Å². The first-order valence-corrected chi connectivity index (χ1v) is 5.29. The quantitative estimate of drug-likeness (QED) is 0.720. The normalized spacial score (nSPS) is 10.9. The molecule has 0 unspecified atom stereocenters. The van der Waals surface area contributed by atoms with Crippen LogP contribution in [-0.4, -0.2) is 26.3 Å². The van der Waals surface area contributed by atoms with Gasteiger partial charge in [0, 0.05) is 12.5 Å². The lowest BCUT2D eigenvalue weighted by atomic mass is 10.1. The SMILES string of the molecule is Cc1nc2cc(-c3[nH]ncc3C(=O)O)ccc2o1. The molecular weight excluding hydrogens is 234 g/mol. The summed E-state index contributed by atoms with van der Waals surface area (Å²) >= 11 is 0. The van der Waals surface area contributed by atoms with Gasteiger partial charge >= 0.3 is 5.97 Å². The summed E-state index contributed by atoms with van der Waals surface area (Å²) in [7, 11) is 0. The number of benzene rings is 1. The lowest BCUT2D eigenvalue weighted by molar-refractivity contribution is 0.0698. The topological polar surface area (TPSA) is 92.0 Å². The van der Waals surface area contributed by atoms with Gasteiger partial charge in [0.05, 0.1) is 11.9 Å². The van der Waals surface area contributed by atoms with Crippen molar-refractivity contribution in [1.29, 1.82) is 0 Å². The Kier molecular flexibility index (Phi) is 2.16. The van der Waals surface area contributed by atoms with Crippen molar-refractivity contribution < 1.29 is 14.3 Å². The maximum atomic E-state index is 11.0. The largest absolute Gasteiger partial charge is 0.478 e. The van der Waals surface area contributed by atoms with Crippen LogP contribution in [-0.2, 0) is 0 Å². The number of nitrogens with one attached hydrogen (secondary N) is 1. The fraction of sp³-hybridized carbons (Fsp3) is 0.0833. The second-order valence-electron chi connectivity index (χ2n) is 3.88. The summed E-state index contributed by atoms with van der Waals surface area (Å²) in [6.07, 6.45) is 1.29. The van der Waals surface area contributed by atoms with Gasteiger partial charge in [0.15, 0.2) is 11.5 Å². The Morgan fingerprint density at radius 1 is 1.44 bits per heavy atom. The van der Waals surface area contributed by atoms with Gasteiger partial charge in [0.2, 0.25) is 0 Å². The third kappa shape index (κ3) is 1.55. The summed E-state index contributed by atoms with van der Waals surface area (Å²) in [6, 6.07) is 5.30. The number of H-pyrrole nitrogens is 1. The molecule has 2 heterocycles. The van der Waals surface area contributed by atoms with Crippen molar-refractivity contribution in [2.24, 2.45) is 0 Å². The number of carbonyl (C=O) groups is 1. The number of hydrogen-bond donors (Lipinski definition) is 2. The molecule has 0 saturated carbocycles. The smallest absolute Gasteiger partial charge is 0.339 e. The average Bonchev–Trinajstić information content (AvgIpc) is 2.91. The number of aromatic nitrogens is 3. The first-order valence-electron chi connectivity index (χ1n) is 5.29. The van der Waals surface area contributed by atoms with Crippen molar-refractivity contribution in [2.75, 3.05) is 0 Å². The van der Waals surface area contributed by atoms with Crippen LogP contribution in [0, 0.1) is 6.92 Å². The fourth-order valence-electron chi connectivity index (χ4n) is 1.87. The molecule has 0 amide bonds. The molecule has 0 aliphatic rings. The molecule has 0 bridgehead atoms. The fourth-order valence-corrected chi connectivity index (χ4v) is 1.87. The number of carboxylic acid groups (broad SMARTS) is 1. The van der Waals surface area contributed by atoms with E-state index < -0.39 is 5.97 Å². The first kappa shape index (κ1) is 10.5. The van der Waals surface area contributed by atoms with Crippen molar-refractivity contribution in [3.05, 3.63) is 35.9 Å². The standard InChI is InChI=1S/C12H9N3O3/c1-6-14-9-4-7(2-3-10(9)18-6)11-8(12(16)17)5-13-15-11/h2-5H,1H3,(H,13,15)(H,16,17). The Hall–Kier alpha value is -2.63. The molecule has 0 saturated heterocycles. The highest BCUT2D eigenvalue weighted by molar-refractivity contribution is 5.95. The second-order valence-corrected chi connectivity index (χ2v) is 3.88. The first-order chi connectivity index (χ1) is 8.65. The zero-order valence-electron chi connectivity index (χ0n) is 9.47. The minimum atomic E-state index is -1.02. The van der Waals surface area contributed by atoms with Gasteiger partial charge in [-0.1, -0.05) is 0 Å². The van der Waals surface area contributed by atoms with E-state index in [4.69, 9.17) is 9.52 Å². The Labute approximate surface area is 101 Å². The minimum Gasteiger partial charge on any atom is -0.478 e. The van der Waals surface area contributed by atoms with Crippen LogP contribution in [0.5, 0.6) is 0 Å². The van der Waals surface area contributed by atoms with E-state index in [0.717, 1.165) is 0 Å². The molecule has 0 aliphatic heterocycles. The number of aromatic amines is 1. The highest BCUT2D eigenvalue weighted by atomic mass is 16.4. The van der Waals surface area contributed by atoms with Crippen LogP contribution in [0.3, 0.4) is 0 Å². The average molecular weight is 243 g/mol. The number of aromatic carboxylic acids is 1. The molecular formula is C12H9N3O3. The predicted octanol–water partition coefficient (Wildman–Crippen LogP) is 2.22. The summed E-state index contributed by atoms with van der Waals surface area (Å²) in [5.41, 5.74) is 2.67. The van der Waals surface area contributed by atoms with Crippen LogP contribution < -0.4 is 0 Å². The summed E-state index contributed by atoms with van der Waals surface area (Å²) in [5, 5.41) is 15.5. The van der Waals surface area contributed by atoms with Gasteiger partial charge in [0.25, 0.3) is 0 Å². The number of fused-ring (bicyclic) bond motifs is 1. The predicted molar refractivity (Wildman–Crippen MR) is 63.3 cm³/mol. The molecule has 18 heavy (non-hydrogen) atoms. The molecule has 2 N–H and O–H groups in total. The van der Waals surface area contributed by atoms with E-state index in [0.29, 0.717) is 28.2 Å². The zero-order chi connectivity index (χ0) is 12.7. The molecule has 0 atom stereocenters. The molecule has 0 radical (unpaired) electrons. The minimum absolute atomic E-state index is 0.134. The van der Waals surface area contributed by atoms with Gasteiger partial charge in [-0.15, -0.1) is 0 Å². The molecule has 3 rings (SSSR count). The van der Waals surface area contributed by atoms with E-state index >= 15 is 0 Å². The number of aryl methyl sites for hydroxylation is 1. The molecule has 0 fully saturated rings. The summed E-state index contributed by atoms with van der Waals surface area (Å²) < 4.78 is 5.36. The van der Waals surface area contributed by atoms with E-state index in [-0.39, 0.29) is 5.56 Å². The number of oxazole rings is 1. The monoisotopic (exact) mass is 243 g/mol. The number of hydrogen-bond acceptors (Lipinski definition) is 4. The van der Waals surface area contributed by atoms with Gasteiger partial charge < -0.3 is 9.52 Å². The summed E-state index contributed by atoms with van der Waals surface area (Å²) in [4.78, 5) is 15.2. The molecule has 90 valence electrons. The van der Waals surface area contributed by atoms with Crippen LogP contribution in [0.1, 0.15) is 16.2 Å². The zero-order valence-corrected chi connectivity index (χ0v) is 9.47. The molecule has 3 aromatic rings. The Morgan fingerprint density at radius 2 is 2.28 bits per heavy atom. The van der Waals surface area contributed by atoms with Crippen LogP contribution in [0.15, 0.2) is 28.8 Å². The number of nitrogens with zero attached hydrogens (tertiary/aromatic N) is 2. The van der Waals surface area contributed by atoms with Crippen molar-refractivity contribution in [3.63, 3.8) is 0 Å². The summed E-state index contributed by atoms with van der Waals surface area (Å²) in [6.45, 7) is 1.76. The van der Waals surface area contributed by atoms with E-state index in [2.05, 4.69) is 15.2 Å². The van der Waals surface area contributed by atoms with Gasteiger partial charge in [-0.3, -0.25) is 5.10 Å². The van der Waals surface area contributed by atoms with Gasteiger partial charge in [-0.2, -0.15) is 5.10 Å². The van der Waals surface area contributed by atoms with E-state index in [1.165, 1.54) is 6.20 Å². The van der Waals surface area contributed by atoms with E-state index in [1.807, 2.05) is 0 Å².